The van der Waals surface area contributed by atoms with Gasteiger partial charge in [0, 0.05) is 24.1 Å². The van der Waals surface area contributed by atoms with Gasteiger partial charge in [0.05, 0.1) is 12.2 Å². The maximum absolute atomic E-state index is 14.3. The second-order valence-electron chi connectivity index (χ2n) is 6.70. The van der Waals surface area contributed by atoms with Crippen LogP contribution >= 0.6 is 0 Å². The maximum atomic E-state index is 14.3. The Balaban J connectivity index is 2.46. The third kappa shape index (κ3) is 4.72. The molecule has 1 aromatic carbocycles. The van der Waals surface area contributed by atoms with Crippen LogP contribution in [-0.2, 0) is 19.1 Å². The molecule has 0 unspecified atom stereocenters. The number of esters is 1. The van der Waals surface area contributed by atoms with Crippen LogP contribution in [0.3, 0.4) is 0 Å². The lowest BCUT2D eigenvalue weighted by molar-refractivity contribution is -0.141. The van der Waals surface area contributed by atoms with Crippen molar-refractivity contribution in [2.45, 2.75) is 46.1 Å². The van der Waals surface area contributed by atoms with Gasteiger partial charge in [0.2, 0.25) is 11.8 Å². The van der Waals surface area contributed by atoms with Crippen LogP contribution in [0.15, 0.2) is 35.5 Å². The molecule has 27 heavy (non-hydrogen) atoms. The molecule has 0 spiro atoms. The highest BCUT2D eigenvalue weighted by molar-refractivity contribution is 5.97. The fraction of sp³-hybridized carbons (Fsp3) is 0.450. The average molecular weight is 376 g/mol. The van der Waals surface area contributed by atoms with Gasteiger partial charge in [-0.3, -0.25) is 9.59 Å². The number of allylic oxidation sites excluding steroid dienone is 1. The van der Waals surface area contributed by atoms with Crippen molar-refractivity contribution < 1.29 is 23.5 Å². The molecule has 0 bridgehead atoms. The summed E-state index contributed by atoms with van der Waals surface area (Å²) < 4.78 is 19.5. The Hall–Kier alpha value is -2.70. The first-order valence-electron chi connectivity index (χ1n) is 8.98. The van der Waals surface area contributed by atoms with Gasteiger partial charge >= 0.3 is 5.97 Å². The number of hydrogen-bond donors (Lipinski definition) is 1. The van der Waals surface area contributed by atoms with Crippen molar-refractivity contribution in [2.24, 2.45) is 0 Å². The van der Waals surface area contributed by atoms with Crippen LogP contribution in [0.1, 0.15) is 45.6 Å². The molecule has 0 saturated carbocycles. The molecular formula is C20H25FN2O4. The lowest BCUT2D eigenvalue weighted by Gasteiger charge is -2.34. The highest BCUT2D eigenvalue weighted by Gasteiger charge is 2.38. The van der Waals surface area contributed by atoms with Gasteiger partial charge in [0.1, 0.15) is 12.4 Å². The number of amides is 2. The van der Waals surface area contributed by atoms with E-state index in [1.807, 2.05) is 13.8 Å². The fourth-order valence-corrected chi connectivity index (χ4v) is 3.21. The van der Waals surface area contributed by atoms with Crippen LogP contribution in [0.5, 0.6) is 0 Å². The Morgan fingerprint density at radius 3 is 2.59 bits per heavy atom. The van der Waals surface area contributed by atoms with Crippen molar-refractivity contribution >= 4 is 17.8 Å². The van der Waals surface area contributed by atoms with Crippen LogP contribution < -0.4 is 5.32 Å². The second-order valence-corrected chi connectivity index (χ2v) is 6.70. The number of hydrogen-bond acceptors (Lipinski definition) is 4. The standard InChI is InChI=1S/C20H25FN2O4/c1-5-27-20(26)19-13(4)23(11-17(24)22-12(2)3)18(25)10-15(19)14-8-6-7-9-16(14)21/h6-9,12,15H,5,10-11H2,1-4H3,(H,22,24)/t15-/m1/s1. The summed E-state index contributed by atoms with van der Waals surface area (Å²) in [6.07, 6.45) is -0.110. The van der Waals surface area contributed by atoms with Gasteiger partial charge < -0.3 is 15.0 Å². The van der Waals surface area contributed by atoms with E-state index in [0.717, 1.165) is 0 Å². The van der Waals surface area contributed by atoms with E-state index in [1.165, 1.54) is 11.0 Å². The summed E-state index contributed by atoms with van der Waals surface area (Å²) in [4.78, 5) is 38.6. The van der Waals surface area contributed by atoms with Gasteiger partial charge in [-0.25, -0.2) is 9.18 Å². The van der Waals surface area contributed by atoms with E-state index in [-0.39, 0.29) is 48.6 Å². The van der Waals surface area contributed by atoms with Crippen molar-refractivity contribution in [3.05, 3.63) is 46.9 Å². The molecule has 0 saturated heterocycles. The first-order chi connectivity index (χ1) is 12.8. The van der Waals surface area contributed by atoms with Crippen molar-refractivity contribution in [3.63, 3.8) is 0 Å². The molecule has 0 radical (unpaired) electrons. The van der Waals surface area contributed by atoms with Crippen LogP contribution in [0.2, 0.25) is 0 Å². The summed E-state index contributed by atoms with van der Waals surface area (Å²) in [6.45, 7) is 6.85. The lowest BCUT2D eigenvalue weighted by Crippen LogP contribution is -2.45. The molecule has 1 atom stereocenters. The lowest BCUT2D eigenvalue weighted by atomic mass is 9.83. The van der Waals surface area contributed by atoms with Gasteiger partial charge in [-0.05, 0) is 39.3 Å². The highest BCUT2D eigenvalue weighted by Crippen LogP contribution is 2.37. The minimum Gasteiger partial charge on any atom is -0.463 e. The maximum Gasteiger partial charge on any atom is 0.336 e. The van der Waals surface area contributed by atoms with E-state index in [1.54, 1.807) is 32.0 Å². The van der Waals surface area contributed by atoms with Gasteiger partial charge in [-0.2, -0.15) is 0 Å². The van der Waals surface area contributed by atoms with Crippen LogP contribution in [0.4, 0.5) is 4.39 Å². The van der Waals surface area contributed by atoms with E-state index < -0.39 is 17.7 Å². The number of halogens is 1. The fourth-order valence-electron chi connectivity index (χ4n) is 3.21. The molecule has 1 aliphatic rings. The van der Waals surface area contributed by atoms with Gasteiger partial charge in [0.15, 0.2) is 0 Å². The third-order valence-corrected chi connectivity index (χ3v) is 4.35. The van der Waals surface area contributed by atoms with Gasteiger partial charge in [-0.1, -0.05) is 18.2 Å². The molecule has 0 aromatic heterocycles. The van der Waals surface area contributed by atoms with Crippen LogP contribution in [0.25, 0.3) is 0 Å². The van der Waals surface area contributed by atoms with E-state index in [9.17, 15) is 18.8 Å². The van der Waals surface area contributed by atoms with Crippen molar-refractivity contribution in [2.75, 3.05) is 13.2 Å². The van der Waals surface area contributed by atoms with Crippen LogP contribution in [0, 0.1) is 5.82 Å². The Bertz CT molecular complexity index is 773. The summed E-state index contributed by atoms with van der Waals surface area (Å²) in [6, 6.07) is 5.98. The largest absolute Gasteiger partial charge is 0.463 e. The molecule has 1 aromatic rings. The topological polar surface area (TPSA) is 75.7 Å². The van der Waals surface area contributed by atoms with E-state index in [0.29, 0.717) is 5.70 Å². The molecule has 146 valence electrons. The molecule has 0 fully saturated rings. The molecule has 1 aliphatic heterocycles. The minimum absolute atomic E-state index is 0.0719. The summed E-state index contributed by atoms with van der Waals surface area (Å²) in [7, 11) is 0. The van der Waals surface area contributed by atoms with Crippen molar-refractivity contribution in [3.8, 4) is 0 Å². The van der Waals surface area contributed by atoms with Crippen molar-refractivity contribution in [1.82, 2.24) is 10.2 Å². The Morgan fingerprint density at radius 1 is 1.33 bits per heavy atom. The molecule has 7 heteroatoms. The van der Waals surface area contributed by atoms with Crippen LogP contribution in [-0.4, -0.2) is 41.9 Å². The van der Waals surface area contributed by atoms with Gasteiger partial charge in [0.25, 0.3) is 0 Å². The molecule has 2 rings (SSSR count). The number of benzene rings is 1. The number of nitrogens with zero attached hydrogens (tertiary/aromatic N) is 1. The molecule has 1 N–H and O–H groups in total. The highest BCUT2D eigenvalue weighted by atomic mass is 19.1. The van der Waals surface area contributed by atoms with Crippen molar-refractivity contribution in [1.29, 1.82) is 0 Å². The minimum atomic E-state index is -0.748. The number of nitrogens with one attached hydrogen (secondary N) is 1. The monoisotopic (exact) mass is 376 g/mol. The number of carbonyl (C=O) groups excluding carboxylic acids is 3. The van der Waals surface area contributed by atoms with E-state index in [2.05, 4.69) is 5.32 Å². The first-order valence-corrected chi connectivity index (χ1v) is 8.98. The normalized spacial score (nSPS) is 17.3. The Morgan fingerprint density at radius 2 is 2.00 bits per heavy atom. The first kappa shape index (κ1) is 20.6. The predicted octanol–water partition coefficient (Wildman–Crippen LogP) is 2.50. The number of rotatable bonds is 6. The quantitative estimate of drug-likeness (QED) is 0.774. The summed E-state index contributed by atoms with van der Waals surface area (Å²) in [5.74, 6) is -2.51. The zero-order valence-corrected chi connectivity index (χ0v) is 16.0. The third-order valence-electron chi connectivity index (χ3n) is 4.35. The molecule has 2 amide bonds. The Labute approximate surface area is 158 Å². The summed E-state index contributed by atoms with van der Waals surface area (Å²) in [5.41, 5.74) is 0.787. The number of ether oxygens (including phenoxy) is 1. The van der Waals surface area contributed by atoms with E-state index >= 15 is 0 Å². The number of carbonyl (C=O) groups is 3. The molecule has 0 aliphatic carbocycles. The summed E-state index contributed by atoms with van der Waals surface area (Å²) >= 11 is 0. The van der Waals surface area contributed by atoms with E-state index in [4.69, 9.17) is 4.74 Å². The SMILES string of the molecule is CCOC(=O)C1=C(C)N(CC(=O)NC(C)C)C(=O)C[C@@H]1c1ccccc1F. The average Bonchev–Trinajstić information content (AvgIpc) is 2.58. The Kier molecular flexibility index (Phi) is 6.71. The molecule has 1 heterocycles. The second kappa shape index (κ2) is 8.79. The smallest absolute Gasteiger partial charge is 0.336 e. The molecular weight excluding hydrogens is 351 g/mol. The van der Waals surface area contributed by atoms with Gasteiger partial charge in [-0.15, -0.1) is 0 Å². The zero-order valence-electron chi connectivity index (χ0n) is 16.0. The summed E-state index contributed by atoms with van der Waals surface area (Å²) in [5, 5.41) is 2.72. The zero-order chi connectivity index (χ0) is 20.1. The molecule has 6 nitrogen and oxygen atoms in total. The predicted molar refractivity (Wildman–Crippen MR) is 98.1 cm³/mol.